The molecule has 3 rings (SSSR count). The van der Waals surface area contributed by atoms with Crippen molar-refractivity contribution in [2.45, 2.75) is 39.0 Å². The van der Waals surface area contributed by atoms with Gasteiger partial charge >= 0.3 is 0 Å². The van der Waals surface area contributed by atoms with E-state index in [0.29, 0.717) is 0 Å². The summed E-state index contributed by atoms with van der Waals surface area (Å²) in [5.74, 6) is 6.57. The van der Waals surface area contributed by atoms with Crippen LogP contribution in [-0.2, 0) is 12.8 Å². The summed E-state index contributed by atoms with van der Waals surface area (Å²) in [5.41, 5.74) is 7.25. The van der Waals surface area contributed by atoms with Gasteiger partial charge in [-0.1, -0.05) is 43.4 Å². The van der Waals surface area contributed by atoms with Crippen molar-refractivity contribution in [1.82, 2.24) is 0 Å². The Labute approximate surface area is 155 Å². The largest absolute Gasteiger partial charge is 0.195 e. The second-order valence-electron chi connectivity index (χ2n) is 6.31. The van der Waals surface area contributed by atoms with Gasteiger partial charge in [-0.15, -0.1) is 0 Å². The van der Waals surface area contributed by atoms with Crippen molar-refractivity contribution in [2.75, 3.05) is 0 Å². The number of allylic oxidation sites excluding steroid dienone is 1. The van der Waals surface area contributed by atoms with Crippen molar-refractivity contribution in [1.29, 1.82) is 0 Å². The minimum atomic E-state index is 0.810. The van der Waals surface area contributed by atoms with Gasteiger partial charge in [0, 0.05) is 11.1 Å². The molecule has 0 atom stereocenters. The molecule has 2 aromatic carbocycles. The second-order valence-corrected chi connectivity index (χ2v) is 6.49. The van der Waals surface area contributed by atoms with Crippen LogP contribution in [0.3, 0.4) is 0 Å². The summed E-state index contributed by atoms with van der Waals surface area (Å²) < 4.78 is 0. The Bertz CT molecular complexity index is 888. The molecular formula is C23H21NS. The van der Waals surface area contributed by atoms with Gasteiger partial charge in [-0.2, -0.15) is 4.99 Å². The zero-order valence-corrected chi connectivity index (χ0v) is 15.3. The van der Waals surface area contributed by atoms with Gasteiger partial charge in [0.2, 0.25) is 0 Å². The lowest BCUT2D eigenvalue weighted by Crippen LogP contribution is -2.00. The van der Waals surface area contributed by atoms with Crippen LogP contribution in [-0.4, -0.2) is 5.16 Å². The van der Waals surface area contributed by atoms with Crippen molar-refractivity contribution < 1.29 is 0 Å². The SMILES string of the molecule is CCCCc1ccc2c(c1)CCC(C#Cc1ccc(N=C=S)cc1)=C2. The first-order chi connectivity index (χ1) is 12.3. The summed E-state index contributed by atoms with van der Waals surface area (Å²) in [6.07, 6.45) is 8.03. The molecule has 1 aliphatic rings. The van der Waals surface area contributed by atoms with E-state index in [1.54, 1.807) is 0 Å². The third-order valence-corrected chi connectivity index (χ3v) is 4.52. The van der Waals surface area contributed by atoms with Crippen LogP contribution >= 0.6 is 12.2 Å². The van der Waals surface area contributed by atoms with Crippen LogP contribution in [0.4, 0.5) is 5.69 Å². The molecule has 0 unspecified atom stereocenters. The van der Waals surface area contributed by atoms with Crippen molar-refractivity contribution in [3.05, 3.63) is 70.3 Å². The average Bonchev–Trinajstić information content (AvgIpc) is 2.66. The molecule has 0 N–H and O–H groups in total. The molecule has 0 aliphatic heterocycles. The van der Waals surface area contributed by atoms with Crippen molar-refractivity contribution >= 4 is 29.1 Å². The minimum absolute atomic E-state index is 0.810. The zero-order chi connectivity index (χ0) is 17.5. The molecule has 124 valence electrons. The molecule has 0 saturated carbocycles. The number of nitrogens with zero attached hydrogens (tertiary/aromatic N) is 1. The Morgan fingerprint density at radius 1 is 1.04 bits per heavy atom. The predicted octanol–water partition coefficient (Wildman–Crippen LogP) is 6.14. The van der Waals surface area contributed by atoms with Gasteiger partial charge in [-0.25, -0.2) is 0 Å². The van der Waals surface area contributed by atoms with E-state index in [-0.39, 0.29) is 0 Å². The van der Waals surface area contributed by atoms with Crippen LogP contribution in [0, 0.1) is 11.8 Å². The van der Waals surface area contributed by atoms with Gasteiger partial charge in [0.1, 0.15) is 0 Å². The number of rotatable bonds is 4. The van der Waals surface area contributed by atoms with E-state index >= 15 is 0 Å². The van der Waals surface area contributed by atoms with Gasteiger partial charge in [-0.3, -0.25) is 0 Å². The zero-order valence-electron chi connectivity index (χ0n) is 14.5. The maximum absolute atomic E-state index is 4.61. The fourth-order valence-electron chi connectivity index (χ4n) is 3.01. The number of unbranched alkanes of at least 4 members (excludes halogenated alkanes) is 1. The number of aliphatic imine (C=N–C) groups is 1. The molecule has 0 saturated heterocycles. The standard InChI is InChI=1S/C23H21NS/c1-2-3-4-19-7-11-22-16-20(8-12-21(22)15-19)6-5-18-9-13-23(14-10-18)24-17-25/h7,9-11,13-16H,2-4,8,12H2,1H3. The lowest BCUT2D eigenvalue weighted by atomic mass is 9.90. The summed E-state index contributed by atoms with van der Waals surface area (Å²) in [4.78, 5) is 3.95. The van der Waals surface area contributed by atoms with E-state index in [4.69, 9.17) is 0 Å². The van der Waals surface area contributed by atoms with Crippen LogP contribution in [0.2, 0.25) is 0 Å². The summed E-state index contributed by atoms with van der Waals surface area (Å²) in [5, 5.41) is 2.37. The highest BCUT2D eigenvalue weighted by Gasteiger charge is 2.09. The smallest absolute Gasteiger partial charge is 0.0740 e. The predicted molar refractivity (Wildman–Crippen MR) is 109 cm³/mol. The van der Waals surface area contributed by atoms with E-state index in [1.807, 2.05) is 24.3 Å². The van der Waals surface area contributed by atoms with Crippen molar-refractivity contribution in [2.24, 2.45) is 4.99 Å². The summed E-state index contributed by atoms with van der Waals surface area (Å²) in [7, 11) is 0. The van der Waals surface area contributed by atoms with Crippen LogP contribution in [0.25, 0.3) is 6.08 Å². The van der Waals surface area contributed by atoms with E-state index < -0.39 is 0 Å². The van der Waals surface area contributed by atoms with Gasteiger partial charge in [0.05, 0.1) is 10.8 Å². The highest BCUT2D eigenvalue weighted by atomic mass is 32.1. The van der Waals surface area contributed by atoms with Gasteiger partial charge in [-0.05, 0) is 84.9 Å². The molecule has 0 fully saturated rings. The summed E-state index contributed by atoms with van der Waals surface area (Å²) in [6, 6.07) is 14.6. The average molecular weight is 343 g/mol. The van der Waals surface area contributed by atoms with Crippen LogP contribution in [0.1, 0.15) is 48.4 Å². The Kier molecular flexibility index (Phi) is 5.96. The molecule has 25 heavy (non-hydrogen) atoms. The maximum atomic E-state index is 4.61. The molecule has 0 aromatic heterocycles. The Hall–Kier alpha value is -2.46. The minimum Gasteiger partial charge on any atom is -0.195 e. The molecule has 1 nitrogen and oxygen atoms in total. The van der Waals surface area contributed by atoms with E-state index in [9.17, 15) is 0 Å². The molecular weight excluding hydrogens is 322 g/mol. The number of fused-ring (bicyclic) bond motifs is 1. The van der Waals surface area contributed by atoms with E-state index in [1.165, 1.54) is 41.5 Å². The third kappa shape index (κ3) is 4.77. The monoisotopic (exact) mass is 343 g/mol. The number of hydrogen-bond donors (Lipinski definition) is 0. The molecule has 0 radical (unpaired) electrons. The first kappa shape index (κ1) is 17.4. The first-order valence-electron chi connectivity index (χ1n) is 8.81. The number of benzene rings is 2. The molecule has 0 spiro atoms. The van der Waals surface area contributed by atoms with Gasteiger partial charge in [0.15, 0.2) is 0 Å². The quantitative estimate of drug-likeness (QED) is 0.369. The number of isothiocyanates is 1. The molecule has 2 heteroatoms. The molecule has 0 heterocycles. The summed E-state index contributed by atoms with van der Waals surface area (Å²) >= 11 is 4.61. The number of hydrogen-bond acceptors (Lipinski definition) is 2. The van der Waals surface area contributed by atoms with Gasteiger partial charge in [0.25, 0.3) is 0 Å². The molecule has 0 amide bonds. The van der Waals surface area contributed by atoms with Crippen LogP contribution in [0.15, 0.2) is 53.0 Å². The maximum Gasteiger partial charge on any atom is 0.0740 e. The molecule has 2 aromatic rings. The fraction of sp³-hybridized carbons (Fsp3) is 0.261. The van der Waals surface area contributed by atoms with Gasteiger partial charge < -0.3 is 0 Å². The number of aryl methyl sites for hydroxylation is 2. The lowest BCUT2D eigenvalue weighted by Gasteiger charge is -2.14. The molecule has 1 aliphatic carbocycles. The molecule has 0 bridgehead atoms. The van der Waals surface area contributed by atoms with Crippen molar-refractivity contribution in [3.63, 3.8) is 0 Å². The van der Waals surface area contributed by atoms with E-state index in [0.717, 1.165) is 24.1 Å². The highest BCUT2D eigenvalue weighted by molar-refractivity contribution is 7.78. The lowest BCUT2D eigenvalue weighted by molar-refractivity contribution is 0.792. The van der Waals surface area contributed by atoms with Crippen LogP contribution in [0.5, 0.6) is 0 Å². The topological polar surface area (TPSA) is 12.4 Å². The van der Waals surface area contributed by atoms with Crippen molar-refractivity contribution in [3.8, 4) is 11.8 Å². The number of thiocarbonyl (C=S) groups is 1. The normalized spacial score (nSPS) is 12.3. The third-order valence-electron chi connectivity index (χ3n) is 4.43. The second kappa shape index (κ2) is 8.58. The highest BCUT2D eigenvalue weighted by Crippen LogP contribution is 2.25. The Balaban J connectivity index is 1.75. The van der Waals surface area contributed by atoms with E-state index in [2.05, 4.69) is 65.4 Å². The Morgan fingerprint density at radius 2 is 1.88 bits per heavy atom. The summed E-state index contributed by atoms with van der Waals surface area (Å²) in [6.45, 7) is 2.24. The van der Waals surface area contributed by atoms with Crippen LogP contribution < -0.4 is 0 Å². The first-order valence-corrected chi connectivity index (χ1v) is 9.21. The fourth-order valence-corrected chi connectivity index (χ4v) is 3.11. The Morgan fingerprint density at radius 3 is 2.64 bits per heavy atom.